The van der Waals surface area contributed by atoms with Gasteiger partial charge < -0.3 is 34.3 Å². The predicted molar refractivity (Wildman–Crippen MR) is 245 cm³/mol. The van der Waals surface area contributed by atoms with Crippen molar-refractivity contribution in [1.29, 1.82) is 0 Å². The maximum absolute atomic E-state index is 14.7. The van der Waals surface area contributed by atoms with Crippen molar-refractivity contribution < 1.29 is 38.6 Å². The Labute approximate surface area is 375 Å². The number of carbonyl (C=O) groups excluding carboxylic acids is 5. The molecule has 14 nitrogen and oxygen atoms in total. The first-order chi connectivity index (χ1) is 30.5. The molecule has 1 unspecified atom stereocenters. The molecule has 0 aliphatic carbocycles. The number of aryl methyl sites for hydroxylation is 1. The third-order valence-corrected chi connectivity index (χ3v) is 12.9. The Morgan fingerprint density at radius 1 is 1.06 bits per heavy atom. The fraction of sp³-hybridized carbons (Fsp3) is 0.460. The number of esters is 1. The number of likely N-dealkylation sites (tertiary alicyclic amines) is 1. The quantitative estimate of drug-likeness (QED) is 0.138. The van der Waals surface area contributed by atoms with Crippen molar-refractivity contribution in [2.75, 3.05) is 40.4 Å². The minimum atomic E-state index is -1.16. The number of likely N-dealkylation sites (N-methyl/N-ethyl adjacent to an activating group) is 1. The van der Waals surface area contributed by atoms with E-state index in [2.05, 4.69) is 60.9 Å². The molecule has 7 rings (SSSR count). The molecule has 4 atom stereocenters. The highest BCUT2D eigenvalue weighted by Crippen LogP contribution is 2.43. The molecule has 64 heavy (non-hydrogen) atoms. The monoisotopic (exact) mass is 874 g/mol. The zero-order chi connectivity index (χ0) is 46.0. The van der Waals surface area contributed by atoms with Gasteiger partial charge in [-0.2, -0.15) is 0 Å². The number of hydrogen-bond donors (Lipinski definition) is 3. The number of fused-ring (bicyclic) bond motifs is 6. The third kappa shape index (κ3) is 9.38. The molecular formula is C50H62N6O8. The van der Waals surface area contributed by atoms with Crippen LogP contribution in [0.2, 0.25) is 0 Å². The van der Waals surface area contributed by atoms with E-state index in [0.717, 1.165) is 44.6 Å². The number of ether oxygens (including phenoxy) is 2. The van der Waals surface area contributed by atoms with E-state index in [-0.39, 0.29) is 49.6 Å². The van der Waals surface area contributed by atoms with E-state index in [0.29, 0.717) is 44.3 Å². The van der Waals surface area contributed by atoms with Gasteiger partial charge in [0.25, 0.3) is 5.91 Å². The maximum Gasteiger partial charge on any atom is 0.324 e. The molecule has 3 N–H and O–H groups in total. The molecule has 340 valence electrons. The van der Waals surface area contributed by atoms with Crippen molar-refractivity contribution in [1.82, 2.24) is 30.1 Å². The molecule has 4 amide bonds. The summed E-state index contributed by atoms with van der Waals surface area (Å²) in [5, 5.41) is 16.7. The van der Waals surface area contributed by atoms with Crippen molar-refractivity contribution in [2.45, 2.75) is 91.4 Å². The molecule has 14 heteroatoms. The van der Waals surface area contributed by atoms with Crippen LogP contribution in [0.15, 0.2) is 73.3 Å². The van der Waals surface area contributed by atoms with Gasteiger partial charge >= 0.3 is 5.97 Å². The highest BCUT2D eigenvalue weighted by molar-refractivity contribution is 5.97. The SMILES string of the molecule is C=CC(=O)N1CC[C@H](C(=O)N(C)C(C(=O)N[C@H]2Cc3cc(O)cc(c3)-c3ccc4c(c3)c(c(-c3ccccc3OC)n4CC)CC(C)(C)COC(=O)[C@@H]3CCCN(N3)C2=O)C(C)C)C1. The number of aromatic nitrogens is 1. The lowest BCUT2D eigenvalue weighted by atomic mass is 9.84. The van der Waals surface area contributed by atoms with Gasteiger partial charge in [0.2, 0.25) is 17.7 Å². The lowest BCUT2D eigenvalue weighted by Gasteiger charge is -2.37. The third-order valence-electron chi connectivity index (χ3n) is 12.9. The summed E-state index contributed by atoms with van der Waals surface area (Å²) in [4.78, 5) is 72.2. The molecule has 3 aliphatic heterocycles. The van der Waals surface area contributed by atoms with Gasteiger partial charge in [0.1, 0.15) is 29.6 Å². The number of carbonyl (C=O) groups is 5. The summed E-state index contributed by atoms with van der Waals surface area (Å²) in [7, 11) is 3.25. The number of aromatic hydroxyl groups is 1. The van der Waals surface area contributed by atoms with Gasteiger partial charge in [-0.3, -0.25) is 29.0 Å². The van der Waals surface area contributed by atoms with Crippen LogP contribution in [-0.2, 0) is 48.1 Å². The van der Waals surface area contributed by atoms with Gasteiger partial charge in [-0.05, 0) is 103 Å². The van der Waals surface area contributed by atoms with Crippen molar-refractivity contribution in [3.8, 4) is 33.9 Å². The maximum atomic E-state index is 14.7. The fourth-order valence-electron chi connectivity index (χ4n) is 9.75. The molecule has 0 spiro atoms. The molecular weight excluding hydrogens is 813 g/mol. The number of phenols is 1. The number of hydrazine groups is 1. The van der Waals surface area contributed by atoms with E-state index in [1.807, 2.05) is 44.2 Å². The summed E-state index contributed by atoms with van der Waals surface area (Å²) in [6.45, 7) is 15.2. The van der Waals surface area contributed by atoms with Crippen LogP contribution >= 0.6 is 0 Å². The smallest absolute Gasteiger partial charge is 0.324 e. The zero-order valence-corrected chi connectivity index (χ0v) is 38.1. The second-order valence-corrected chi connectivity index (χ2v) is 18.5. The fourth-order valence-corrected chi connectivity index (χ4v) is 9.75. The summed E-state index contributed by atoms with van der Waals surface area (Å²) in [5.74, 6) is -2.10. The standard InChI is InChI=1S/C50H62N6O8/c1-9-43(58)54-21-19-33(28-54)47(60)53(7)44(30(3)4)46(59)51-40-24-31-22-34(25-35(57)23-31)32-17-18-41-37(26-32)38(45(55(41)10-2)36-14-11-12-16-42(36)63-8)27-50(5,6)29-64-49(62)39-15-13-20-56(52-39)48(40)61/h9,11-12,14,16-18,22-23,25-26,30,33,39-40,44,52,57H,1,10,13,15,19-21,24,27-29H2,2-8H3,(H,51,59)/t33-,39-,40-,44?/m0/s1. The molecule has 3 aliphatic rings. The lowest BCUT2D eigenvalue weighted by Crippen LogP contribution is -2.62. The van der Waals surface area contributed by atoms with Crippen LogP contribution in [0.25, 0.3) is 33.3 Å². The van der Waals surface area contributed by atoms with Crippen LogP contribution in [0.4, 0.5) is 0 Å². The number of methoxy groups -OCH3 is 1. The highest BCUT2D eigenvalue weighted by Gasteiger charge is 2.40. The van der Waals surface area contributed by atoms with E-state index in [4.69, 9.17) is 9.47 Å². The van der Waals surface area contributed by atoms with Gasteiger partial charge in [0, 0.05) is 61.5 Å². The zero-order valence-electron chi connectivity index (χ0n) is 38.1. The predicted octanol–water partition coefficient (Wildman–Crippen LogP) is 5.88. The van der Waals surface area contributed by atoms with Crippen molar-refractivity contribution in [2.24, 2.45) is 17.3 Å². The number of para-hydroxylation sites is 1. The van der Waals surface area contributed by atoms with Gasteiger partial charge in [-0.15, -0.1) is 0 Å². The largest absolute Gasteiger partial charge is 0.508 e. The Bertz CT molecular complexity index is 2460. The topological polar surface area (TPSA) is 163 Å². The van der Waals surface area contributed by atoms with E-state index in [1.54, 1.807) is 31.2 Å². The summed E-state index contributed by atoms with van der Waals surface area (Å²) in [5.41, 5.74) is 8.78. The number of benzene rings is 3. The number of hydrogen-bond acceptors (Lipinski definition) is 9. The molecule has 1 aromatic heterocycles. The first-order valence-corrected chi connectivity index (χ1v) is 22.4. The molecule has 4 heterocycles. The number of rotatable bonds is 9. The van der Waals surface area contributed by atoms with Gasteiger partial charge in [-0.25, -0.2) is 5.43 Å². The summed E-state index contributed by atoms with van der Waals surface area (Å²) < 4.78 is 14.3. The van der Waals surface area contributed by atoms with Crippen molar-refractivity contribution in [3.05, 3.63) is 84.4 Å². The average Bonchev–Trinajstić information content (AvgIpc) is 3.89. The Morgan fingerprint density at radius 3 is 2.55 bits per heavy atom. The van der Waals surface area contributed by atoms with Crippen LogP contribution in [0, 0.1) is 17.3 Å². The van der Waals surface area contributed by atoms with E-state index in [9.17, 15) is 29.1 Å². The number of amides is 4. The summed E-state index contributed by atoms with van der Waals surface area (Å²) >= 11 is 0. The van der Waals surface area contributed by atoms with Crippen molar-refractivity contribution >= 4 is 40.5 Å². The van der Waals surface area contributed by atoms with Gasteiger partial charge in [-0.1, -0.05) is 58.5 Å². The number of nitrogens with zero attached hydrogens (tertiary/aromatic N) is 4. The average molecular weight is 875 g/mol. The molecule has 3 aromatic carbocycles. The number of nitrogens with one attached hydrogen (secondary N) is 2. The normalized spacial score (nSPS) is 20.7. The van der Waals surface area contributed by atoms with Crippen LogP contribution < -0.4 is 15.5 Å². The molecule has 4 aromatic rings. The van der Waals surface area contributed by atoms with Crippen LogP contribution in [-0.4, -0.2) is 113 Å². The Balaban J connectivity index is 1.30. The number of phenolic OH excluding ortho intramolecular Hbond substituents is 1. The molecule has 2 fully saturated rings. The molecule has 6 bridgehead atoms. The Kier molecular flexibility index (Phi) is 13.5. The van der Waals surface area contributed by atoms with Crippen LogP contribution in [0.3, 0.4) is 0 Å². The first-order valence-electron chi connectivity index (χ1n) is 22.4. The minimum absolute atomic E-state index is 0.00512. The number of cyclic esters (lactones) is 1. The van der Waals surface area contributed by atoms with Crippen molar-refractivity contribution in [3.63, 3.8) is 0 Å². The first kappa shape index (κ1) is 45.9. The molecule has 0 radical (unpaired) electrons. The molecule has 0 saturated carbocycles. The van der Waals surface area contributed by atoms with E-state index < -0.39 is 47.2 Å². The summed E-state index contributed by atoms with van der Waals surface area (Å²) in [6.07, 6.45) is 3.19. The summed E-state index contributed by atoms with van der Waals surface area (Å²) in [6, 6.07) is 16.5. The van der Waals surface area contributed by atoms with E-state index in [1.165, 1.54) is 16.0 Å². The minimum Gasteiger partial charge on any atom is -0.508 e. The highest BCUT2D eigenvalue weighted by atomic mass is 16.5. The van der Waals surface area contributed by atoms with Gasteiger partial charge in [0.05, 0.1) is 25.3 Å². The van der Waals surface area contributed by atoms with Crippen LogP contribution in [0.1, 0.15) is 65.0 Å². The Morgan fingerprint density at radius 2 is 1.83 bits per heavy atom. The lowest BCUT2D eigenvalue weighted by molar-refractivity contribution is -0.155. The van der Waals surface area contributed by atoms with Crippen LogP contribution in [0.5, 0.6) is 11.5 Å². The second-order valence-electron chi connectivity index (χ2n) is 18.5. The second kappa shape index (κ2) is 18.9. The Hall–Kier alpha value is -6.15. The molecule has 2 saturated heterocycles. The van der Waals surface area contributed by atoms with Gasteiger partial charge in [0.15, 0.2) is 0 Å². The van der Waals surface area contributed by atoms with E-state index >= 15 is 0 Å².